The summed E-state index contributed by atoms with van der Waals surface area (Å²) in [5.41, 5.74) is 1.03. The van der Waals surface area contributed by atoms with Crippen LogP contribution in [0.15, 0.2) is 12.4 Å². The maximum absolute atomic E-state index is 9.90. The molecule has 1 fully saturated rings. The molecule has 0 amide bonds. The van der Waals surface area contributed by atoms with Gasteiger partial charge in [0.1, 0.15) is 0 Å². The first-order chi connectivity index (χ1) is 10.2. The van der Waals surface area contributed by atoms with Crippen LogP contribution in [0.4, 0.5) is 5.95 Å². The molecule has 6 nitrogen and oxygen atoms in total. The number of aliphatic hydroxyl groups is 1. The molecule has 1 aliphatic heterocycles. The van der Waals surface area contributed by atoms with Crippen LogP contribution in [-0.2, 0) is 11.3 Å². The summed E-state index contributed by atoms with van der Waals surface area (Å²) in [6.07, 6.45) is 4.38. The van der Waals surface area contributed by atoms with Gasteiger partial charge < -0.3 is 20.1 Å². The minimum Gasteiger partial charge on any atom is -0.392 e. The number of ether oxygens (including phenoxy) is 1. The first-order valence-electron chi connectivity index (χ1n) is 7.73. The maximum Gasteiger partial charge on any atom is 0.225 e. The van der Waals surface area contributed by atoms with Crippen molar-refractivity contribution in [2.45, 2.75) is 32.9 Å². The average molecular weight is 294 g/mol. The van der Waals surface area contributed by atoms with E-state index < -0.39 is 0 Å². The molecule has 1 aromatic rings. The maximum atomic E-state index is 9.90. The summed E-state index contributed by atoms with van der Waals surface area (Å²) in [6.45, 7) is 8.59. The van der Waals surface area contributed by atoms with Gasteiger partial charge in [0.15, 0.2) is 0 Å². The van der Waals surface area contributed by atoms with E-state index in [4.69, 9.17) is 4.74 Å². The number of nitrogens with one attached hydrogen (secondary N) is 1. The molecule has 0 aliphatic carbocycles. The molecule has 0 aromatic carbocycles. The molecule has 1 aromatic heterocycles. The molecule has 2 atom stereocenters. The van der Waals surface area contributed by atoms with Gasteiger partial charge in [-0.25, -0.2) is 9.97 Å². The van der Waals surface area contributed by atoms with Gasteiger partial charge in [-0.15, -0.1) is 0 Å². The molecular formula is C15H26N4O2. The van der Waals surface area contributed by atoms with E-state index in [1.165, 1.54) is 0 Å². The van der Waals surface area contributed by atoms with Crippen LogP contribution in [-0.4, -0.2) is 54.0 Å². The van der Waals surface area contributed by atoms with E-state index >= 15 is 0 Å². The van der Waals surface area contributed by atoms with E-state index in [0.29, 0.717) is 19.0 Å². The van der Waals surface area contributed by atoms with E-state index in [1.54, 1.807) is 0 Å². The Kier molecular flexibility index (Phi) is 6.35. The second-order valence-electron chi connectivity index (χ2n) is 5.57. The van der Waals surface area contributed by atoms with E-state index in [1.807, 2.05) is 12.4 Å². The molecule has 0 radical (unpaired) electrons. The van der Waals surface area contributed by atoms with Crippen LogP contribution in [0.25, 0.3) is 0 Å². The molecule has 2 heterocycles. The molecule has 0 saturated carbocycles. The number of aromatic nitrogens is 2. The molecular weight excluding hydrogens is 268 g/mol. The zero-order valence-corrected chi connectivity index (χ0v) is 13.0. The topological polar surface area (TPSA) is 70.5 Å². The third-order valence-electron chi connectivity index (χ3n) is 3.97. The Morgan fingerprint density at radius 2 is 2.00 bits per heavy atom. The summed E-state index contributed by atoms with van der Waals surface area (Å²) in [5, 5.41) is 13.1. The molecule has 1 aliphatic rings. The van der Waals surface area contributed by atoms with Gasteiger partial charge >= 0.3 is 0 Å². The number of hydrogen-bond donors (Lipinski definition) is 2. The lowest BCUT2D eigenvalue weighted by molar-refractivity contribution is 0.113. The summed E-state index contributed by atoms with van der Waals surface area (Å²) in [5.74, 6) is 1.08. The van der Waals surface area contributed by atoms with E-state index in [-0.39, 0.29) is 6.10 Å². The van der Waals surface area contributed by atoms with Crippen LogP contribution in [0, 0.1) is 5.92 Å². The Morgan fingerprint density at radius 3 is 2.62 bits per heavy atom. The van der Waals surface area contributed by atoms with Gasteiger partial charge in [-0.3, -0.25) is 0 Å². The zero-order valence-electron chi connectivity index (χ0n) is 13.0. The Bertz CT molecular complexity index is 407. The number of rotatable bonds is 7. The lowest BCUT2D eigenvalue weighted by Gasteiger charge is -2.26. The first-order valence-corrected chi connectivity index (χ1v) is 7.73. The van der Waals surface area contributed by atoms with Crippen molar-refractivity contribution < 1.29 is 9.84 Å². The minimum absolute atomic E-state index is 0.302. The molecule has 21 heavy (non-hydrogen) atoms. The highest BCUT2D eigenvalue weighted by atomic mass is 16.5. The third kappa shape index (κ3) is 4.91. The standard InChI is InChI=1S/C15H26N4O2/c1-3-12(2)14(20)11-16-8-13-9-17-15(18-10-13)19-4-6-21-7-5-19/h9-10,12,14,16,20H,3-8,11H2,1-2H3. The summed E-state index contributed by atoms with van der Waals surface area (Å²) in [4.78, 5) is 10.9. The molecule has 2 unspecified atom stereocenters. The molecule has 118 valence electrons. The summed E-state index contributed by atoms with van der Waals surface area (Å²) < 4.78 is 5.32. The van der Waals surface area contributed by atoms with Gasteiger partial charge in [0.05, 0.1) is 19.3 Å². The summed E-state index contributed by atoms with van der Waals surface area (Å²) in [7, 11) is 0. The minimum atomic E-state index is -0.302. The molecule has 1 saturated heterocycles. The number of anilines is 1. The second kappa shape index (κ2) is 8.26. The largest absolute Gasteiger partial charge is 0.392 e. The first kappa shape index (κ1) is 16.1. The Morgan fingerprint density at radius 1 is 1.33 bits per heavy atom. The monoisotopic (exact) mass is 294 g/mol. The fraction of sp³-hybridized carbons (Fsp3) is 0.733. The average Bonchev–Trinajstić information content (AvgIpc) is 2.55. The zero-order chi connectivity index (χ0) is 15.1. The van der Waals surface area contributed by atoms with Crippen LogP contribution in [0.2, 0.25) is 0 Å². The van der Waals surface area contributed by atoms with E-state index in [9.17, 15) is 5.11 Å². The van der Waals surface area contributed by atoms with Gasteiger partial charge in [0.25, 0.3) is 0 Å². The van der Waals surface area contributed by atoms with Crippen molar-refractivity contribution >= 4 is 5.95 Å². The Hall–Kier alpha value is -1.24. The predicted molar refractivity (Wildman–Crippen MR) is 82.2 cm³/mol. The van der Waals surface area contributed by atoms with Crippen LogP contribution in [0.5, 0.6) is 0 Å². The van der Waals surface area contributed by atoms with E-state index in [2.05, 4.69) is 34.0 Å². The van der Waals surface area contributed by atoms with Crippen molar-refractivity contribution in [3.8, 4) is 0 Å². The van der Waals surface area contributed by atoms with Gasteiger partial charge in [0, 0.05) is 44.1 Å². The fourth-order valence-electron chi connectivity index (χ4n) is 2.20. The quantitative estimate of drug-likeness (QED) is 0.775. The summed E-state index contributed by atoms with van der Waals surface area (Å²) >= 11 is 0. The van der Waals surface area contributed by atoms with Crippen molar-refractivity contribution in [2.75, 3.05) is 37.7 Å². The van der Waals surface area contributed by atoms with Gasteiger partial charge in [0.2, 0.25) is 5.95 Å². The van der Waals surface area contributed by atoms with Crippen molar-refractivity contribution in [3.05, 3.63) is 18.0 Å². The molecule has 0 spiro atoms. The number of aliphatic hydroxyl groups excluding tert-OH is 1. The lowest BCUT2D eigenvalue weighted by Crippen LogP contribution is -2.37. The Labute approximate surface area is 126 Å². The van der Waals surface area contributed by atoms with E-state index in [0.717, 1.165) is 44.2 Å². The van der Waals surface area contributed by atoms with Crippen molar-refractivity contribution in [2.24, 2.45) is 5.92 Å². The van der Waals surface area contributed by atoms with Crippen molar-refractivity contribution in [1.82, 2.24) is 15.3 Å². The fourth-order valence-corrected chi connectivity index (χ4v) is 2.20. The van der Waals surface area contributed by atoms with Gasteiger partial charge in [-0.1, -0.05) is 20.3 Å². The van der Waals surface area contributed by atoms with Crippen molar-refractivity contribution in [3.63, 3.8) is 0 Å². The van der Waals surface area contributed by atoms with Crippen LogP contribution < -0.4 is 10.2 Å². The van der Waals surface area contributed by atoms with Crippen LogP contribution in [0.1, 0.15) is 25.8 Å². The predicted octanol–water partition coefficient (Wildman–Crippen LogP) is 0.810. The number of nitrogens with zero attached hydrogens (tertiary/aromatic N) is 3. The molecule has 0 bridgehead atoms. The molecule has 2 rings (SSSR count). The molecule has 2 N–H and O–H groups in total. The number of morpholine rings is 1. The van der Waals surface area contributed by atoms with Crippen molar-refractivity contribution in [1.29, 1.82) is 0 Å². The van der Waals surface area contributed by atoms with Gasteiger partial charge in [-0.2, -0.15) is 0 Å². The van der Waals surface area contributed by atoms with Crippen LogP contribution in [0.3, 0.4) is 0 Å². The van der Waals surface area contributed by atoms with Crippen LogP contribution >= 0.6 is 0 Å². The second-order valence-corrected chi connectivity index (χ2v) is 5.57. The highest BCUT2D eigenvalue weighted by molar-refractivity contribution is 5.30. The lowest BCUT2D eigenvalue weighted by atomic mass is 10.0. The highest BCUT2D eigenvalue weighted by Gasteiger charge is 2.14. The molecule has 6 heteroatoms. The highest BCUT2D eigenvalue weighted by Crippen LogP contribution is 2.10. The summed E-state index contributed by atoms with van der Waals surface area (Å²) in [6, 6.07) is 0. The normalized spacial score (nSPS) is 18.5. The number of hydrogen-bond acceptors (Lipinski definition) is 6. The third-order valence-corrected chi connectivity index (χ3v) is 3.97. The smallest absolute Gasteiger partial charge is 0.225 e. The van der Waals surface area contributed by atoms with Gasteiger partial charge in [-0.05, 0) is 5.92 Å². The Balaban J connectivity index is 1.77. The SMILES string of the molecule is CCC(C)C(O)CNCc1cnc(N2CCOCC2)nc1.